The first-order valence-electron chi connectivity index (χ1n) is 11.0. The zero-order valence-electron chi connectivity index (χ0n) is 18.3. The summed E-state index contributed by atoms with van der Waals surface area (Å²) in [5, 5.41) is 9.06. The van der Waals surface area contributed by atoms with Crippen molar-refractivity contribution in [3.8, 4) is 0 Å². The minimum absolute atomic E-state index is 0. The fourth-order valence-electron chi connectivity index (χ4n) is 3.46. The van der Waals surface area contributed by atoms with E-state index in [2.05, 4.69) is 13.8 Å². The normalized spacial score (nSPS) is 13.9. The molecule has 2 atom stereocenters. The maximum absolute atomic E-state index is 11.5. The number of aliphatic hydroxyl groups excluding tert-OH is 1. The van der Waals surface area contributed by atoms with Crippen molar-refractivity contribution in [2.24, 2.45) is 0 Å². The number of hydrogen-bond donors (Lipinski definition) is 1. The minimum atomic E-state index is -4.22. The van der Waals surface area contributed by atoms with Gasteiger partial charge < -0.3 is 9.66 Å². The van der Waals surface area contributed by atoms with E-state index in [0.717, 1.165) is 38.5 Å². The molecule has 0 aliphatic rings. The largest absolute Gasteiger partial charge is 1.00 e. The van der Waals surface area contributed by atoms with E-state index < -0.39 is 15.4 Å². The topological polar surface area (TPSA) is 77.4 Å². The Labute approximate surface area is 211 Å². The SMILES string of the molecule is CCCCCCCCCCCCC(CCCC(O)CCCC)S(=O)(=O)[O-].[K+]. The van der Waals surface area contributed by atoms with Crippen LogP contribution in [0, 0.1) is 0 Å². The summed E-state index contributed by atoms with van der Waals surface area (Å²) in [6, 6.07) is 0. The van der Waals surface area contributed by atoms with Crippen LogP contribution in [0.3, 0.4) is 0 Å². The van der Waals surface area contributed by atoms with Gasteiger partial charge in [0.15, 0.2) is 0 Å². The van der Waals surface area contributed by atoms with Crippen LogP contribution in [0.15, 0.2) is 0 Å². The Kier molecular flexibility index (Phi) is 23.6. The first kappa shape index (κ1) is 30.7. The average molecular weight is 431 g/mol. The fourth-order valence-corrected chi connectivity index (χ4v) is 4.37. The van der Waals surface area contributed by atoms with E-state index in [-0.39, 0.29) is 57.5 Å². The summed E-state index contributed by atoms with van der Waals surface area (Å²) in [5.41, 5.74) is 0. The molecule has 0 bridgehead atoms. The van der Waals surface area contributed by atoms with Crippen LogP contribution in [-0.4, -0.2) is 29.4 Å². The molecule has 0 aromatic heterocycles. The Morgan fingerprint density at radius 1 is 0.667 bits per heavy atom. The van der Waals surface area contributed by atoms with Crippen molar-refractivity contribution in [2.75, 3.05) is 0 Å². The molecule has 0 rings (SSSR count). The van der Waals surface area contributed by atoms with Gasteiger partial charge >= 0.3 is 51.4 Å². The van der Waals surface area contributed by atoms with Gasteiger partial charge in [-0.3, -0.25) is 0 Å². The van der Waals surface area contributed by atoms with E-state index in [1.165, 1.54) is 44.9 Å². The smallest absolute Gasteiger partial charge is 0.748 e. The Morgan fingerprint density at radius 2 is 1.07 bits per heavy atom. The van der Waals surface area contributed by atoms with Crippen LogP contribution in [0.2, 0.25) is 0 Å². The van der Waals surface area contributed by atoms with Crippen molar-refractivity contribution in [1.29, 1.82) is 0 Å². The molecule has 158 valence electrons. The van der Waals surface area contributed by atoms with Crippen LogP contribution in [0.1, 0.15) is 123 Å². The van der Waals surface area contributed by atoms with E-state index in [1.54, 1.807) is 0 Å². The van der Waals surface area contributed by atoms with E-state index in [0.29, 0.717) is 25.7 Å². The van der Waals surface area contributed by atoms with Crippen molar-refractivity contribution in [2.45, 2.75) is 134 Å². The molecular formula is C21H43KO4S. The molecule has 0 saturated carbocycles. The summed E-state index contributed by atoms with van der Waals surface area (Å²) in [6.45, 7) is 4.31. The van der Waals surface area contributed by atoms with E-state index in [4.69, 9.17) is 0 Å². The summed E-state index contributed by atoms with van der Waals surface area (Å²) >= 11 is 0. The molecule has 1 N–H and O–H groups in total. The number of hydrogen-bond acceptors (Lipinski definition) is 4. The molecule has 0 amide bonds. The van der Waals surface area contributed by atoms with Gasteiger partial charge in [-0.05, 0) is 32.1 Å². The van der Waals surface area contributed by atoms with Gasteiger partial charge in [0, 0.05) is 5.25 Å². The van der Waals surface area contributed by atoms with Crippen molar-refractivity contribution < 1.29 is 69.5 Å². The van der Waals surface area contributed by atoms with Crippen LogP contribution < -0.4 is 51.4 Å². The summed E-state index contributed by atoms with van der Waals surface area (Å²) in [4.78, 5) is 0. The molecule has 0 aromatic rings. The summed E-state index contributed by atoms with van der Waals surface area (Å²) in [5.74, 6) is 0. The van der Waals surface area contributed by atoms with Crippen LogP contribution >= 0.6 is 0 Å². The van der Waals surface area contributed by atoms with Gasteiger partial charge in [0.05, 0.1) is 16.2 Å². The minimum Gasteiger partial charge on any atom is -0.748 e. The number of rotatable bonds is 19. The third-order valence-corrected chi connectivity index (χ3v) is 6.53. The number of unbranched alkanes of at least 4 members (excludes halogenated alkanes) is 10. The van der Waals surface area contributed by atoms with Crippen LogP contribution in [0.5, 0.6) is 0 Å². The zero-order valence-corrected chi connectivity index (χ0v) is 22.2. The zero-order chi connectivity index (χ0) is 19.7. The summed E-state index contributed by atoms with van der Waals surface area (Å²) < 4.78 is 34.4. The molecule has 0 saturated heterocycles. The Morgan fingerprint density at radius 3 is 1.56 bits per heavy atom. The van der Waals surface area contributed by atoms with Gasteiger partial charge in [-0.25, -0.2) is 8.42 Å². The second-order valence-corrected chi connectivity index (χ2v) is 9.46. The van der Waals surface area contributed by atoms with E-state index in [1.807, 2.05) is 0 Å². The van der Waals surface area contributed by atoms with Crippen molar-refractivity contribution in [3.63, 3.8) is 0 Å². The Bertz CT molecular complexity index is 401. The molecule has 27 heavy (non-hydrogen) atoms. The average Bonchev–Trinajstić information content (AvgIpc) is 2.59. The second-order valence-electron chi connectivity index (χ2n) is 7.81. The molecule has 2 unspecified atom stereocenters. The van der Waals surface area contributed by atoms with Crippen molar-refractivity contribution >= 4 is 10.1 Å². The maximum atomic E-state index is 11.5. The molecule has 0 radical (unpaired) electrons. The first-order chi connectivity index (χ1) is 12.4. The van der Waals surface area contributed by atoms with Gasteiger partial charge in [0.1, 0.15) is 0 Å². The van der Waals surface area contributed by atoms with Crippen LogP contribution in [0.4, 0.5) is 0 Å². The van der Waals surface area contributed by atoms with Gasteiger partial charge in [0.2, 0.25) is 0 Å². The second kappa shape index (κ2) is 20.8. The van der Waals surface area contributed by atoms with Gasteiger partial charge in [-0.15, -0.1) is 0 Å². The predicted octanol–water partition coefficient (Wildman–Crippen LogP) is 2.94. The standard InChI is InChI=1S/C21H44O4S.K/c1-3-5-7-8-9-10-11-12-13-14-18-21(26(23,24)25)19-15-17-20(22)16-6-4-2;/h20-22H,3-19H2,1-2H3,(H,23,24,25);/q;+1/p-1. The third kappa shape index (κ3) is 20.6. The molecule has 0 spiro atoms. The molecule has 0 aromatic carbocycles. The van der Waals surface area contributed by atoms with Gasteiger partial charge in [-0.1, -0.05) is 90.9 Å². The molecule has 4 nitrogen and oxygen atoms in total. The van der Waals surface area contributed by atoms with Gasteiger partial charge in [-0.2, -0.15) is 0 Å². The molecule has 0 aliphatic heterocycles. The predicted molar refractivity (Wildman–Crippen MR) is 109 cm³/mol. The number of aliphatic hydroxyl groups is 1. The van der Waals surface area contributed by atoms with Crippen molar-refractivity contribution in [3.05, 3.63) is 0 Å². The quantitative estimate of drug-likeness (QED) is 0.194. The van der Waals surface area contributed by atoms with Crippen LogP contribution in [0.25, 0.3) is 0 Å². The molecular weight excluding hydrogens is 387 g/mol. The fraction of sp³-hybridized carbons (Fsp3) is 1.00. The summed E-state index contributed by atoms with van der Waals surface area (Å²) in [6.07, 6.45) is 16.6. The molecule has 0 fully saturated rings. The van der Waals surface area contributed by atoms with Crippen molar-refractivity contribution in [1.82, 2.24) is 0 Å². The maximum Gasteiger partial charge on any atom is 1.00 e. The monoisotopic (exact) mass is 430 g/mol. The Balaban J connectivity index is 0. The summed E-state index contributed by atoms with van der Waals surface area (Å²) in [7, 11) is -4.22. The van der Waals surface area contributed by atoms with Gasteiger partial charge in [0.25, 0.3) is 0 Å². The van der Waals surface area contributed by atoms with Crippen LogP contribution in [-0.2, 0) is 10.1 Å². The molecule has 0 aliphatic carbocycles. The molecule has 6 heteroatoms. The first-order valence-corrected chi connectivity index (χ1v) is 12.5. The van der Waals surface area contributed by atoms with E-state index in [9.17, 15) is 18.1 Å². The third-order valence-electron chi connectivity index (χ3n) is 5.24. The Hall–Kier alpha value is 1.51. The van der Waals surface area contributed by atoms with E-state index >= 15 is 0 Å². The molecule has 0 heterocycles.